The first-order chi connectivity index (χ1) is 16.8. The zero-order valence-electron chi connectivity index (χ0n) is 23.9. The number of rotatable bonds is 13. The van der Waals surface area contributed by atoms with E-state index >= 15 is 0 Å². The SMILES string of the molecule is CCCC(C)NC(=O)C(c1ccc(CC)cc1)N(C(=O)CNC(=O)OC(C)(C)C)C(C)CCC(C)C. The number of carbonyl (C=O) groups excluding carboxylic acids is 3. The van der Waals surface area contributed by atoms with E-state index in [0.717, 1.165) is 43.2 Å². The predicted octanol–water partition coefficient (Wildman–Crippen LogP) is 5.77. The van der Waals surface area contributed by atoms with E-state index in [1.165, 1.54) is 0 Å². The van der Waals surface area contributed by atoms with E-state index in [2.05, 4.69) is 38.3 Å². The van der Waals surface area contributed by atoms with Gasteiger partial charge in [0.2, 0.25) is 11.8 Å². The monoisotopic (exact) mass is 503 g/mol. The Hall–Kier alpha value is -2.57. The molecule has 3 amide bonds. The summed E-state index contributed by atoms with van der Waals surface area (Å²) in [5, 5.41) is 5.69. The Morgan fingerprint density at radius 1 is 0.944 bits per heavy atom. The molecule has 0 fully saturated rings. The van der Waals surface area contributed by atoms with Crippen molar-refractivity contribution < 1.29 is 19.1 Å². The van der Waals surface area contributed by atoms with Crippen LogP contribution in [0.15, 0.2) is 24.3 Å². The van der Waals surface area contributed by atoms with Crippen LogP contribution in [0.2, 0.25) is 0 Å². The molecule has 0 aliphatic carbocycles. The van der Waals surface area contributed by atoms with E-state index in [9.17, 15) is 14.4 Å². The maximum absolute atomic E-state index is 13.7. The number of hydrogen-bond acceptors (Lipinski definition) is 4. The molecule has 3 atom stereocenters. The second-order valence-electron chi connectivity index (χ2n) is 11.2. The van der Waals surface area contributed by atoms with Gasteiger partial charge < -0.3 is 20.3 Å². The van der Waals surface area contributed by atoms with Crippen molar-refractivity contribution in [3.05, 3.63) is 35.4 Å². The van der Waals surface area contributed by atoms with Crippen molar-refractivity contribution in [2.75, 3.05) is 6.54 Å². The van der Waals surface area contributed by atoms with E-state index < -0.39 is 17.7 Å². The molecule has 7 nitrogen and oxygen atoms in total. The molecular weight excluding hydrogens is 454 g/mol. The lowest BCUT2D eigenvalue weighted by molar-refractivity contribution is -0.143. The van der Waals surface area contributed by atoms with Gasteiger partial charge in [-0.25, -0.2) is 4.79 Å². The molecule has 0 saturated carbocycles. The summed E-state index contributed by atoms with van der Waals surface area (Å²) < 4.78 is 5.30. The van der Waals surface area contributed by atoms with Gasteiger partial charge in [0.15, 0.2) is 0 Å². The molecule has 0 bridgehead atoms. The summed E-state index contributed by atoms with van der Waals surface area (Å²) in [6.07, 6.45) is 3.69. The molecule has 0 radical (unpaired) electrons. The quantitative estimate of drug-likeness (QED) is 0.358. The average molecular weight is 504 g/mol. The van der Waals surface area contributed by atoms with Gasteiger partial charge in [-0.15, -0.1) is 0 Å². The molecule has 0 heterocycles. The molecule has 36 heavy (non-hydrogen) atoms. The van der Waals surface area contributed by atoms with Crippen molar-refractivity contribution >= 4 is 17.9 Å². The van der Waals surface area contributed by atoms with Gasteiger partial charge in [-0.05, 0) is 77.3 Å². The highest BCUT2D eigenvalue weighted by molar-refractivity contribution is 5.90. The number of alkyl carbamates (subject to hydrolysis) is 1. The van der Waals surface area contributed by atoms with Crippen molar-refractivity contribution in [3.63, 3.8) is 0 Å². The Morgan fingerprint density at radius 3 is 2.06 bits per heavy atom. The van der Waals surface area contributed by atoms with Crippen molar-refractivity contribution in [1.82, 2.24) is 15.5 Å². The Balaban J connectivity index is 3.36. The normalized spacial score (nSPS) is 14.1. The van der Waals surface area contributed by atoms with Crippen LogP contribution >= 0.6 is 0 Å². The number of hydrogen-bond donors (Lipinski definition) is 2. The molecule has 7 heteroatoms. The van der Waals surface area contributed by atoms with Crippen LogP contribution in [0.1, 0.15) is 105 Å². The van der Waals surface area contributed by atoms with Crippen molar-refractivity contribution in [3.8, 4) is 0 Å². The van der Waals surface area contributed by atoms with Gasteiger partial charge >= 0.3 is 6.09 Å². The number of aryl methyl sites for hydroxylation is 1. The van der Waals surface area contributed by atoms with Crippen molar-refractivity contribution in [2.45, 2.75) is 118 Å². The average Bonchev–Trinajstić information content (AvgIpc) is 2.78. The highest BCUT2D eigenvalue weighted by atomic mass is 16.6. The smallest absolute Gasteiger partial charge is 0.408 e. The summed E-state index contributed by atoms with van der Waals surface area (Å²) in [6, 6.07) is 6.86. The molecule has 0 spiro atoms. The molecular formula is C29H49N3O4. The van der Waals surface area contributed by atoms with Crippen LogP contribution in [0.25, 0.3) is 0 Å². The Morgan fingerprint density at radius 2 is 1.56 bits per heavy atom. The zero-order chi connectivity index (χ0) is 27.5. The predicted molar refractivity (Wildman–Crippen MR) is 146 cm³/mol. The number of nitrogens with zero attached hydrogens (tertiary/aromatic N) is 1. The Labute approximate surface area is 218 Å². The zero-order valence-corrected chi connectivity index (χ0v) is 23.9. The highest BCUT2D eigenvalue weighted by Gasteiger charge is 2.35. The van der Waals surface area contributed by atoms with Crippen LogP contribution in [0, 0.1) is 5.92 Å². The second-order valence-corrected chi connectivity index (χ2v) is 11.2. The third-order valence-corrected chi connectivity index (χ3v) is 6.05. The fourth-order valence-electron chi connectivity index (χ4n) is 4.11. The third-order valence-electron chi connectivity index (χ3n) is 6.05. The van der Waals surface area contributed by atoms with Crippen LogP contribution < -0.4 is 10.6 Å². The lowest BCUT2D eigenvalue weighted by atomic mass is 9.97. The Bertz CT molecular complexity index is 830. The number of ether oxygens (including phenoxy) is 1. The van der Waals surface area contributed by atoms with E-state index in [0.29, 0.717) is 5.92 Å². The molecule has 3 unspecified atom stereocenters. The number of amides is 3. The van der Waals surface area contributed by atoms with E-state index in [1.807, 2.05) is 38.1 Å². The van der Waals surface area contributed by atoms with Crippen LogP contribution in [0.4, 0.5) is 4.79 Å². The lowest BCUT2D eigenvalue weighted by Crippen LogP contribution is -2.52. The van der Waals surface area contributed by atoms with Crippen LogP contribution in [-0.2, 0) is 20.7 Å². The standard InChI is InChI=1S/C29H49N3O4/c1-10-12-21(5)31-27(34)26(24-17-15-23(11-2)16-18-24)32(22(6)14-13-20(3)4)25(33)19-30-28(35)36-29(7,8)9/h15-18,20-22,26H,10-14,19H2,1-9H3,(H,30,35)(H,31,34). The molecule has 1 rings (SSSR count). The molecule has 0 aliphatic rings. The van der Waals surface area contributed by atoms with E-state index in [4.69, 9.17) is 4.74 Å². The van der Waals surface area contributed by atoms with Crippen LogP contribution in [-0.4, -0.2) is 47.0 Å². The minimum atomic E-state index is -0.801. The number of carbonyl (C=O) groups is 3. The molecule has 1 aromatic carbocycles. The molecule has 2 N–H and O–H groups in total. The van der Waals surface area contributed by atoms with Gasteiger partial charge in [-0.1, -0.05) is 58.4 Å². The summed E-state index contributed by atoms with van der Waals surface area (Å²) in [5.74, 6) is -0.0628. The molecule has 0 aliphatic heterocycles. The van der Waals surface area contributed by atoms with Gasteiger partial charge in [0.05, 0.1) is 0 Å². The maximum Gasteiger partial charge on any atom is 0.408 e. The number of nitrogens with one attached hydrogen (secondary N) is 2. The molecule has 0 saturated heterocycles. The van der Waals surface area contributed by atoms with E-state index in [1.54, 1.807) is 25.7 Å². The minimum Gasteiger partial charge on any atom is -0.444 e. The first kappa shape index (κ1) is 31.5. The summed E-state index contributed by atoms with van der Waals surface area (Å²) in [6.45, 7) is 17.5. The number of benzene rings is 1. The van der Waals surface area contributed by atoms with Gasteiger partial charge in [-0.3, -0.25) is 9.59 Å². The first-order valence-corrected chi connectivity index (χ1v) is 13.5. The third kappa shape index (κ3) is 11.0. The van der Waals surface area contributed by atoms with Crippen LogP contribution in [0.5, 0.6) is 0 Å². The fraction of sp³-hybridized carbons (Fsp3) is 0.690. The summed E-state index contributed by atoms with van der Waals surface area (Å²) in [5.41, 5.74) is 1.25. The van der Waals surface area contributed by atoms with Crippen LogP contribution in [0.3, 0.4) is 0 Å². The summed E-state index contributed by atoms with van der Waals surface area (Å²) in [4.78, 5) is 41.2. The van der Waals surface area contributed by atoms with E-state index in [-0.39, 0.29) is 30.4 Å². The first-order valence-electron chi connectivity index (χ1n) is 13.5. The van der Waals surface area contributed by atoms with Crippen molar-refractivity contribution in [1.29, 1.82) is 0 Å². The maximum atomic E-state index is 13.7. The highest BCUT2D eigenvalue weighted by Crippen LogP contribution is 2.27. The lowest BCUT2D eigenvalue weighted by Gasteiger charge is -2.37. The van der Waals surface area contributed by atoms with Crippen molar-refractivity contribution in [2.24, 2.45) is 5.92 Å². The second kappa shape index (κ2) is 14.9. The summed E-state index contributed by atoms with van der Waals surface area (Å²) >= 11 is 0. The topological polar surface area (TPSA) is 87.7 Å². The van der Waals surface area contributed by atoms with Gasteiger partial charge in [0.1, 0.15) is 18.2 Å². The largest absolute Gasteiger partial charge is 0.444 e. The van der Waals surface area contributed by atoms with Gasteiger partial charge in [-0.2, -0.15) is 0 Å². The van der Waals surface area contributed by atoms with Gasteiger partial charge in [0, 0.05) is 12.1 Å². The van der Waals surface area contributed by atoms with Gasteiger partial charge in [0.25, 0.3) is 0 Å². The minimum absolute atomic E-state index is 0.0114. The molecule has 204 valence electrons. The molecule has 1 aromatic rings. The fourth-order valence-corrected chi connectivity index (χ4v) is 4.11. The summed E-state index contributed by atoms with van der Waals surface area (Å²) in [7, 11) is 0. The molecule has 0 aromatic heterocycles. The Kier molecular flexibility index (Phi) is 13.0.